The molecule has 0 aliphatic carbocycles. The third-order valence-electron chi connectivity index (χ3n) is 0.588. The highest BCUT2D eigenvalue weighted by atomic mass is 35.5. The van der Waals surface area contributed by atoms with Crippen molar-refractivity contribution in [2.24, 2.45) is 11.8 Å². The van der Waals surface area contributed by atoms with Crippen molar-refractivity contribution in [1.29, 1.82) is 0 Å². The van der Waals surface area contributed by atoms with Gasteiger partial charge in [0.2, 0.25) is 0 Å². The van der Waals surface area contributed by atoms with Crippen molar-refractivity contribution < 1.29 is 9.63 Å². The first kappa shape index (κ1) is 10.7. The van der Waals surface area contributed by atoms with Gasteiger partial charge in [-0.1, -0.05) is 13.8 Å². The van der Waals surface area contributed by atoms with E-state index >= 15 is 0 Å². The van der Waals surface area contributed by atoms with Crippen molar-refractivity contribution >= 4 is 18.4 Å². The molecule has 0 aromatic heterocycles. The Hall–Kier alpha value is -0.280. The van der Waals surface area contributed by atoms with Crippen LogP contribution in [0.15, 0.2) is 0 Å². The van der Waals surface area contributed by atoms with Crippen molar-refractivity contribution in [2.75, 3.05) is 0 Å². The summed E-state index contributed by atoms with van der Waals surface area (Å²) in [5.74, 6) is 4.03. The zero-order valence-electron chi connectivity index (χ0n) is 4.88. The van der Waals surface area contributed by atoms with Gasteiger partial charge in [0.05, 0.1) is 5.92 Å². The number of nitrogens with two attached hydrogens (primary N) is 1. The van der Waals surface area contributed by atoms with Crippen LogP contribution in [0.2, 0.25) is 0 Å². The molecule has 0 saturated heterocycles. The van der Waals surface area contributed by atoms with E-state index in [1.807, 2.05) is 0 Å². The van der Waals surface area contributed by atoms with Crippen LogP contribution in [0.25, 0.3) is 0 Å². The summed E-state index contributed by atoms with van der Waals surface area (Å²) >= 11 is 0. The predicted octanol–water partition coefficient (Wildman–Crippen LogP) is 0.481. The molecular formula is C4H10ClNO2. The normalized spacial score (nSPS) is 8.00. The molecule has 0 radical (unpaired) electrons. The fourth-order valence-electron chi connectivity index (χ4n) is 0.136. The van der Waals surface area contributed by atoms with E-state index in [4.69, 9.17) is 0 Å². The average molecular weight is 140 g/mol. The Labute approximate surface area is 54.6 Å². The molecule has 0 fully saturated rings. The Morgan fingerprint density at radius 2 is 2.00 bits per heavy atom. The van der Waals surface area contributed by atoms with E-state index in [0.29, 0.717) is 0 Å². The summed E-state index contributed by atoms with van der Waals surface area (Å²) in [4.78, 5) is 14.0. The van der Waals surface area contributed by atoms with Gasteiger partial charge in [0.15, 0.2) is 0 Å². The highest BCUT2D eigenvalue weighted by Gasteiger charge is 2.04. The summed E-state index contributed by atoms with van der Waals surface area (Å²) in [5.41, 5.74) is 0. The van der Waals surface area contributed by atoms with E-state index in [0.717, 1.165) is 0 Å². The molecular weight excluding hydrogens is 130 g/mol. The van der Waals surface area contributed by atoms with Crippen LogP contribution in [0.5, 0.6) is 0 Å². The molecule has 0 aliphatic heterocycles. The molecule has 0 aromatic carbocycles. The van der Waals surface area contributed by atoms with Crippen LogP contribution in [0.3, 0.4) is 0 Å². The Balaban J connectivity index is 0. The lowest BCUT2D eigenvalue weighted by Crippen LogP contribution is -2.15. The molecule has 2 N–H and O–H groups in total. The minimum atomic E-state index is -0.375. The lowest BCUT2D eigenvalue weighted by Gasteiger charge is -1.96. The number of rotatable bonds is 1. The first-order valence-electron chi connectivity index (χ1n) is 2.09. The van der Waals surface area contributed by atoms with E-state index in [-0.39, 0.29) is 24.3 Å². The number of halogens is 1. The first-order chi connectivity index (χ1) is 3.18. The Bertz CT molecular complexity index is 74.4. The molecule has 0 amide bonds. The second kappa shape index (κ2) is 4.87. The van der Waals surface area contributed by atoms with Crippen LogP contribution in [-0.2, 0) is 9.63 Å². The second-order valence-corrected chi connectivity index (χ2v) is 1.59. The summed E-state index contributed by atoms with van der Waals surface area (Å²) in [7, 11) is 0. The SMILES string of the molecule is CC(C)C(=O)ON.Cl. The van der Waals surface area contributed by atoms with Gasteiger partial charge < -0.3 is 4.84 Å². The molecule has 0 heterocycles. The molecule has 4 heteroatoms. The van der Waals surface area contributed by atoms with E-state index in [2.05, 4.69) is 10.7 Å². The molecule has 0 unspecified atom stereocenters. The lowest BCUT2D eigenvalue weighted by atomic mass is 10.2. The van der Waals surface area contributed by atoms with E-state index in [1.165, 1.54) is 0 Å². The topological polar surface area (TPSA) is 52.3 Å². The molecule has 0 spiro atoms. The van der Waals surface area contributed by atoms with Gasteiger partial charge in [0, 0.05) is 0 Å². The fourth-order valence-corrected chi connectivity index (χ4v) is 0.136. The molecule has 0 bridgehead atoms. The molecule has 0 rings (SSSR count). The highest BCUT2D eigenvalue weighted by Crippen LogP contribution is 1.90. The van der Waals surface area contributed by atoms with Crippen molar-refractivity contribution in [3.8, 4) is 0 Å². The maximum atomic E-state index is 10.2. The Morgan fingerprint density at radius 3 is 2.00 bits per heavy atom. The molecule has 8 heavy (non-hydrogen) atoms. The van der Waals surface area contributed by atoms with E-state index < -0.39 is 0 Å². The third kappa shape index (κ3) is 3.89. The minimum Gasteiger partial charge on any atom is -0.373 e. The van der Waals surface area contributed by atoms with Gasteiger partial charge in [-0.2, -0.15) is 5.90 Å². The van der Waals surface area contributed by atoms with Crippen LogP contribution in [0, 0.1) is 5.92 Å². The summed E-state index contributed by atoms with van der Waals surface area (Å²) in [6.45, 7) is 3.43. The van der Waals surface area contributed by atoms with Crippen molar-refractivity contribution in [3.05, 3.63) is 0 Å². The summed E-state index contributed by atoms with van der Waals surface area (Å²) in [6.07, 6.45) is 0. The molecule has 3 nitrogen and oxygen atoms in total. The maximum Gasteiger partial charge on any atom is 0.326 e. The Morgan fingerprint density at radius 1 is 1.62 bits per heavy atom. The monoisotopic (exact) mass is 139 g/mol. The van der Waals surface area contributed by atoms with Crippen molar-refractivity contribution in [1.82, 2.24) is 0 Å². The van der Waals surface area contributed by atoms with E-state index in [1.54, 1.807) is 13.8 Å². The fraction of sp³-hybridized carbons (Fsp3) is 0.750. The smallest absolute Gasteiger partial charge is 0.326 e. The van der Waals surface area contributed by atoms with Crippen LogP contribution in [0.4, 0.5) is 0 Å². The standard InChI is InChI=1S/C4H9NO2.ClH/c1-3(2)4(6)7-5;/h3H,5H2,1-2H3;1H. The maximum absolute atomic E-state index is 10.2. The van der Waals surface area contributed by atoms with Crippen molar-refractivity contribution in [2.45, 2.75) is 13.8 Å². The van der Waals surface area contributed by atoms with Gasteiger partial charge in [-0.05, 0) is 0 Å². The molecule has 50 valence electrons. The summed E-state index contributed by atoms with van der Waals surface area (Å²) < 4.78 is 0. The average Bonchev–Trinajstić information content (AvgIpc) is 1.65. The van der Waals surface area contributed by atoms with Gasteiger partial charge in [-0.3, -0.25) is 4.79 Å². The predicted molar refractivity (Wildman–Crippen MR) is 32.4 cm³/mol. The summed E-state index contributed by atoms with van der Waals surface area (Å²) in [6, 6.07) is 0. The molecule has 0 aromatic rings. The van der Waals surface area contributed by atoms with Gasteiger partial charge >= 0.3 is 5.97 Å². The van der Waals surface area contributed by atoms with Gasteiger partial charge in [0.1, 0.15) is 0 Å². The van der Waals surface area contributed by atoms with Gasteiger partial charge in [0.25, 0.3) is 0 Å². The van der Waals surface area contributed by atoms with Crippen LogP contribution < -0.4 is 5.90 Å². The second-order valence-electron chi connectivity index (χ2n) is 1.59. The quantitative estimate of drug-likeness (QED) is 0.538. The third-order valence-corrected chi connectivity index (χ3v) is 0.588. The van der Waals surface area contributed by atoms with Gasteiger partial charge in [-0.25, -0.2) is 0 Å². The number of hydrogen-bond acceptors (Lipinski definition) is 3. The number of carbonyl (C=O) groups excluding carboxylic acids is 1. The lowest BCUT2D eigenvalue weighted by molar-refractivity contribution is -0.147. The largest absolute Gasteiger partial charge is 0.373 e. The zero-order chi connectivity index (χ0) is 5.86. The summed E-state index contributed by atoms with van der Waals surface area (Å²) in [5, 5.41) is 0. The number of hydrogen-bond donors (Lipinski definition) is 1. The minimum absolute atomic E-state index is 0. The first-order valence-corrected chi connectivity index (χ1v) is 2.09. The Kier molecular flexibility index (Phi) is 6.48. The molecule has 0 aliphatic rings. The number of carbonyl (C=O) groups is 1. The molecule has 0 saturated carbocycles. The van der Waals surface area contributed by atoms with Crippen LogP contribution in [-0.4, -0.2) is 5.97 Å². The highest BCUT2D eigenvalue weighted by molar-refractivity contribution is 5.85. The zero-order valence-corrected chi connectivity index (χ0v) is 5.70. The van der Waals surface area contributed by atoms with Crippen molar-refractivity contribution in [3.63, 3.8) is 0 Å². The molecule has 0 atom stereocenters. The van der Waals surface area contributed by atoms with Crippen LogP contribution >= 0.6 is 12.4 Å². The van der Waals surface area contributed by atoms with E-state index in [9.17, 15) is 4.79 Å². The van der Waals surface area contributed by atoms with Gasteiger partial charge in [-0.15, -0.1) is 12.4 Å². The van der Waals surface area contributed by atoms with Crippen LogP contribution in [0.1, 0.15) is 13.8 Å².